The fourth-order valence-electron chi connectivity index (χ4n) is 1.82. The summed E-state index contributed by atoms with van der Waals surface area (Å²) in [4.78, 5) is 0. The molecular formula is C16H12F5N3S. The van der Waals surface area contributed by atoms with Crippen LogP contribution in [-0.2, 0) is 11.9 Å². The number of benzene rings is 2. The number of halogens is 5. The molecule has 0 aliphatic heterocycles. The Morgan fingerprint density at radius 1 is 1.08 bits per heavy atom. The summed E-state index contributed by atoms with van der Waals surface area (Å²) in [5.41, 5.74) is 4.60. The van der Waals surface area contributed by atoms with Crippen LogP contribution in [0.3, 0.4) is 0 Å². The summed E-state index contributed by atoms with van der Waals surface area (Å²) in [6.07, 6.45) is -4.17. The third-order valence-electron chi connectivity index (χ3n) is 2.98. The highest BCUT2D eigenvalue weighted by Crippen LogP contribution is 2.32. The number of alkyl halides is 3. The van der Waals surface area contributed by atoms with Crippen molar-refractivity contribution >= 4 is 23.1 Å². The van der Waals surface area contributed by atoms with Crippen LogP contribution < -0.4 is 5.73 Å². The molecule has 0 heterocycles. The Kier molecular flexibility index (Phi) is 6.13. The van der Waals surface area contributed by atoms with Crippen molar-refractivity contribution in [2.24, 2.45) is 15.9 Å². The number of nitrogens with two attached hydrogens (primary N) is 1. The summed E-state index contributed by atoms with van der Waals surface area (Å²) in [5.74, 6) is -2.50. The molecule has 0 unspecified atom stereocenters. The van der Waals surface area contributed by atoms with Gasteiger partial charge in [-0.3, -0.25) is 0 Å². The molecule has 25 heavy (non-hydrogen) atoms. The topological polar surface area (TPSA) is 50.7 Å². The minimum atomic E-state index is -4.85. The third-order valence-corrected chi connectivity index (χ3v) is 3.84. The largest absolute Gasteiger partial charge is 0.417 e. The number of amidine groups is 1. The highest BCUT2D eigenvalue weighted by atomic mass is 32.2. The lowest BCUT2D eigenvalue weighted by Gasteiger charge is -2.10. The van der Waals surface area contributed by atoms with E-state index in [1.807, 2.05) is 30.3 Å². The fraction of sp³-hybridized carbons (Fsp3) is 0.125. The lowest BCUT2D eigenvalue weighted by Crippen LogP contribution is -2.11. The normalized spacial score (nSPS) is 12.8. The van der Waals surface area contributed by atoms with Crippen molar-refractivity contribution in [1.29, 1.82) is 0 Å². The van der Waals surface area contributed by atoms with Crippen molar-refractivity contribution in [3.63, 3.8) is 0 Å². The van der Waals surface area contributed by atoms with E-state index in [9.17, 15) is 22.0 Å². The Morgan fingerprint density at radius 3 is 2.36 bits per heavy atom. The third kappa shape index (κ3) is 5.56. The molecule has 2 aromatic rings. The number of thioether (sulfide) groups is 1. The van der Waals surface area contributed by atoms with Crippen molar-refractivity contribution in [3.8, 4) is 0 Å². The van der Waals surface area contributed by atoms with Crippen molar-refractivity contribution in [2.75, 3.05) is 0 Å². The van der Waals surface area contributed by atoms with Crippen LogP contribution >= 0.6 is 11.8 Å². The van der Waals surface area contributed by atoms with Gasteiger partial charge in [-0.25, -0.2) is 8.78 Å². The van der Waals surface area contributed by atoms with Crippen molar-refractivity contribution < 1.29 is 22.0 Å². The molecule has 0 amide bonds. The van der Waals surface area contributed by atoms with Crippen LogP contribution in [-0.4, -0.2) is 11.4 Å². The van der Waals surface area contributed by atoms with E-state index in [-0.39, 0.29) is 11.2 Å². The maximum atomic E-state index is 13.2. The van der Waals surface area contributed by atoms with Gasteiger partial charge in [0.2, 0.25) is 0 Å². The average molecular weight is 373 g/mol. The second kappa shape index (κ2) is 8.11. The zero-order chi connectivity index (χ0) is 18.4. The molecule has 0 fully saturated rings. The van der Waals surface area contributed by atoms with Gasteiger partial charge >= 0.3 is 6.18 Å². The van der Waals surface area contributed by atoms with Crippen molar-refractivity contribution in [1.82, 2.24) is 0 Å². The summed E-state index contributed by atoms with van der Waals surface area (Å²) in [5, 5.41) is 7.00. The van der Waals surface area contributed by atoms with Gasteiger partial charge in [-0.15, -0.1) is 5.10 Å². The lowest BCUT2D eigenvalue weighted by atomic mass is 10.1. The molecule has 2 rings (SSSR count). The predicted molar refractivity (Wildman–Crippen MR) is 88.3 cm³/mol. The molecule has 132 valence electrons. The van der Waals surface area contributed by atoms with E-state index in [1.54, 1.807) is 0 Å². The zero-order valence-corrected chi connectivity index (χ0v) is 13.4. The fourth-order valence-corrected chi connectivity index (χ4v) is 2.43. The average Bonchev–Trinajstić information content (AvgIpc) is 2.56. The molecule has 0 spiro atoms. The summed E-state index contributed by atoms with van der Waals surface area (Å²) >= 11 is 1.14. The first kappa shape index (κ1) is 18.9. The molecule has 3 nitrogen and oxygen atoms in total. The molecule has 0 bridgehead atoms. The Balaban J connectivity index is 2.11. The van der Waals surface area contributed by atoms with E-state index in [1.165, 1.54) is 0 Å². The van der Waals surface area contributed by atoms with Gasteiger partial charge in [0, 0.05) is 11.3 Å². The maximum absolute atomic E-state index is 13.2. The second-order valence-electron chi connectivity index (χ2n) is 4.81. The van der Waals surface area contributed by atoms with Gasteiger partial charge in [-0.1, -0.05) is 42.1 Å². The van der Waals surface area contributed by atoms with Crippen LogP contribution in [0.2, 0.25) is 0 Å². The first-order valence-electron chi connectivity index (χ1n) is 6.87. The highest BCUT2D eigenvalue weighted by molar-refractivity contribution is 8.13. The van der Waals surface area contributed by atoms with E-state index in [4.69, 9.17) is 5.73 Å². The second-order valence-corrected chi connectivity index (χ2v) is 5.80. The molecule has 0 aliphatic rings. The van der Waals surface area contributed by atoms with Gasteiger partial charge < -0.3 is 5.73 Å². The minimum Gasteiger partial charge on any atom is -0.377 e. The van der Waals surface area contributed by atoms with Crippen molar-refractivity contribution in [2.45, 2.75) is 11.9 Å². The van der Waals surface area contributed by atoms with Crippen molar-refractivity contribution in [3.05, 3.63) is 70.8 Å². The standard InChI is InChI=1S/C16H12F5N3S/c17-13-6-11(12(7-14(13)18)16(19,20)21)8-23-24-15(22)25-9-10-4-2-1-3-5-10/h1-8H,9H2,(H2,22,24). The molecular weight excluding hydrogens is 361 g/mol. The molecule has 0 atom stereocenters. The Bertz CT molecular complexity index is 788. The van der Waals surface area contributed by atoms with Gasteiger partial charge in [0.25, 0.3) is 0 Å². The number of rotatable bonds is 4. The molecule has 0 aromatic heterocycles. The van der Waals surface area contributed by atoms with E-state index in [2.05, 4.69) is 10.2 Å². The first-order valence-corrected chi connectivity index (χ1v) is 7.85. The molecule has 0 saturated heterocycles. The molecule has 2 aromatic carbocycles. The number of nitrogens with zero attached hydrogens (tertiary/aromatic N) is 2. The van der Waals surface area contributed by atoms with Gasteiger partial charge in [-0.2, -0.15) is 18.3 Å². The van der Waals surface area contributed by atoms with E-state index in [0.717, 1.165) is 17.3 Å². The summed E-state index contributed by atoms with van der Waals surface area (Å²) in [6.45, 7) is 0. The van der Waals surface area contributed by atoms with E-state index in [0.29, 0.717) is 18.0 Å². The molecule has 2 N–H and O–H groups in total. The molecule has 0 saturated carbocycles. The molecule has 0 radical (unpaired) electrons. The van der Waals surface area contributed by atoms with Crippen LogP contribution in [0.15, 0.2) is 52.7 Å². The van der Waals surface area contributed by atoms with Crippen LogP contribution in [0.5, 0.6) is 0 Å². The molecule has 0 aliphatic carbocycles. The smallest absolute Gasteiger partial charge is 0.377 e. The molecule has 9 heteroatoms. The number of hydrogen-bond donors (Lipinski definition) is 1. The maximum Gasteiger partial charge on any atom is 0.417 e. The Labute approximate surface area is 144 Å². The monoisotopic (exact) mass is 373 g/mol. The Morgan fingerprint density at radius 2 is 1.72 bits per heavy atom. The zero-order valence-electron chi connectivity index (χ0n) is 12.6. The van der Waals surface area contributed by atoms with Crippen LogP contribution in [0.4, 0.5) is 22.0 Å². The van der Waals surface area contributed by atoms with Gasteiger partial charge in [0.1, 0.15) is 0 Å². The lowest BCUT2D eigenvalue weighted by molar-refractivity contribution is -0.137. The first-order chi connectivity index (χ1) is 11.8. The minimum absolute atomic E-state index is 0.0243. The van der Waals surface area contributed by atoms with E-state index >= 15 is 0 Å². The summed E-state index contributed by atoms with van der Waals surface area (Å²) in [6, 6.07) is 9.79. The SMILES string of the molecule is NC(=NN=Cc1cc(F)c(F)cc1C(F)(F)F)SCc1ccccc1. The van der Waals surface area contributed by atoms with Crippen LogP contribution in [0, 0.1) is 11.6 Å². The Hall–Kier alpha value is -2.42. The highest BCUT2D eigenvalue weighted by Gasteiger charge is 2.34. The summed E-state index contributed by atoms with van der Waals surface area (Å²) < 4.78 is 64.7. The van der Waals surface area contributed by atoms with Gasteiger partial charge in [0.05, 0.1) is 11.8 Å². The van der Waals surface area contributed by atoms with E-state index < -0.39 is 28.9 Å². The van der Waals surface area contributed by atoms with Gasteiger partial charge in [-0.05, 0) is 17.7 Å². The summed E-state index contributed by atoms with van der Waals surface area (Å²) in [7, 11) is 0. The number of hydrogen-bond acceptors (Lipinski definition) is 3. The van der Waals surface area contributed by atoms with Crippen LogP contribution in [0.25, 0.3) is 0 Å². The van der Waals surface area contributed by atoms with Gasteiger partial charge in [0.15, 0.2) is 16.8 Å². The quantitative estimate of drug-likeness (QED) is 0.370. The van der Waals surface area contributed by atoms with Crippen LogP contribution in [0.1, 0.15) is 16.7 Å². The predicted octanol–water partition coefficient (Wildman–Crippen LogP) is 4.57.